The summed E-state index contributed by atoms with van der Waals surface area (Å²) in [6, 6.07) is 14.9. The molecule has 8 unspecified atom stereocenters. The van der Waals surface area contributed by atoms with Gasteiger partial charge in [0.2, 0.25) is 35.4 Å². The largest absolute Gasteiger partial charge is 0.493 e. The van der Waals surface area contributed by atoms with Crippen molar-refractivity contribution in [1.29, 1.82) is 0 Å². The van der Waals surface area contributed by atoms with Crippen molar-refractivity contribution in [3.8, 4) is 11.5 Å². The Morgan fingerprint density at radius 3 is 1.24 bits per heavy atom. The maximum Gasteiger partial charge on any atom is 0.251 e. The molecule has 2 saturated heterocycles. The maximum absolute atomic E-state index is 14.5. The molecule has 0 aliphatic carbocycles. The summed E-state index contributed by atoms with van der Waals surface area (Å²) < 4.78 is 11.6. The molecule has 2 fully saturated rings. The molecular formula is C56H78N10O10. The van der Waals surface area contributed by atoms with E-state index in [-0.39, 0.29) is 74.0 Å². The fourth-order valence-electron chi connectivity index (χ4n) is 10.1. The Morgan fingerprint density at radius 2 is 0.895 bits per heavy atom. The third kappa shape index (κ3) is 14.2. The van der Waals surface area contributed by atoms with Gasteiger partial charge in [0.1, 0.15) is 35.7 Å². The van der Waals surface area contributed by atoms with E-state index in [0.29, 0.717) is 37.6 Å². The van der Waals surface area contributed by atoms with E-state index in [9.17, 15) is 38.4 Å². The molecule has 4 aliphatic heterocycles. The lowest BCUT2D eigenvalue weighted by Crippen LogP contribution is -2.58. The average Bonchev–Trinajstić information content (AvgIpc) is 4.02. The van der Waals surface area contributed by atoms with Crippen LogP contribution in [0.1, 0.15) is 125 Å². The molecule has 3 aromatic rings. The third-order valence-electron chi connectivity index (χ3n) is 13.9. The number of nitrogens with one attached hydrogen (secondary N) is 8. The SMILES string of the molecule is CC.CNCC(=O)NC(C(=O)N1CC(NC(=O)c2ccc(C(=O)NC3CC(C(=O)NC4CCOc5ccccc54)N(C(=O)C(NC(=O)CNC)C(C)(C)C)C3)cc2)CC1C(=O)NC1CCOc2ccccc21)C(C)(C)C. The number of carbonyl (C=O) groups is 8. The van der Waals surface area contributed by atoms with Gasteiger partial charge >= 0.3 is 0 Å². The number of hydrogen-bond donors (Lipinski definition) is 8. The molecule has 0 saturated carbocycles. The molecule has 76 heavy (non-hydrogen) atoms. The predicted molar refractivity (Wildman–Crippen MR) is 286 cm³/mol. The van der Waals surface area contributed by atoms with Crippen LogP contribution in [-0.2, 0) is 28.8 Å². The van der Waals surface area contributed by atoms with Crippen molar-refractivity contribution in [3.05, 3.63) is 95.1 Å². The van der Waals surface area contributed by atoms with Crippen LogP contribution < -0.4 is 52.0 Å². The molecule has 8 N–H and O–H groups in total. The van der Waals surface area contributed by atoms with Crippen LogP contribution in [0.25, 0.3) is 0 Å². The summed E-state index contributed by atoms with van der Waals surface area (Å²) in [6.07, 6.45) is 1.22. The first-order valence-electron chi connectivity index (χ1n) is 26.4. The summed E-state index contributed by atoms with van der Waals surface area (Å²) in [4.78, 5) is 114. The Kier molecular flexibility index (Phi) is 19.6. The monoisotopic (exact) mass is 1050 g/mol. The molecule has 3 aromatic carbocycles. The fraction of sp³-hybridized carbons (Fsp3) is 0.536. The van der Waals surface area contributed by atoms with Crippen LogP contribution in [0, 0.1) is 10.8 Å². The number of rotatable bonds is 16. The Labute approximate surface area is 446 Å². The summed E-state index contributed by atoms with van der Waals surface area (Å²) in [5.41, 5.74) is 0.600. The highest BCUT2D eigenvalue weighted by Crippen LogP contribution is 2.35. The number of hydrogen-bond acceptors (Lipinski definition) is 12. The normalized spacial score (nSPS) is 21.6. The topological polar surface area (TPSA) is 258 Å². The summed E-state index contributed by atoms with van der Waals surface area (Å²) in [6.45, 7) is 15.7. The van der Waals surface area contributed by atoms with Crippen molar-refractivity contribution < 1.29 is 47.8 Å². The molecule has 412 valence electrons. The molecule has 4 aliphatic rings. The van der Waals surface area contributed by atoms with Gasteiger partial charge < -0.3 is 61.8 Å². The number of likely N-dealkylation sites (tertiary alicyclic amines) is 2. The number of ether oxygens (including phenoxy) is 2. The molecule has 7 rings (SSSR count). The van der Waals surface area contributed by atoms with E-state index in [1.807, 2.05) is 104 Å². The van der Waals surface area contributed by atoms with Gasteiger partial charge in [-0.05, 0) is 74.2 Å². The van der Waals surface area contributed by atoms with Crippen LogP contribution >= 0.6 is 0 Å². The molecular weight excluding hydrogens is 973 g/mol. The van der Waals surface area contributed by atoms with E-state index in [2.05, 4.69) is 42.5 Å². The molecule has 0 aromatic heterocycles. The van der Waals surface area contributed by atoms with Crippen LogP contribution in [0.15, 0.2) is 72.8 Å². The highest BCUT2D eigenvalue weighted by atomic mass is 16.5. The summed E-state index contributed by atoms with van der Waals surface area (Å²) in [5, 5.41) is 23.5. The van der Waals surface area contributed by atoms with E-state index in [1.54, 1.807) is 14.1 Å². The third-order valence-corrected chi connectivity index (χ3v) is 13.9. The van der Waals surface area contributed by atoms with Crippen LogP contribution in [0.3, 0.4) is 0 Å². The standard InChI is InChI=1S/C54H72N10O10.C2H6/c1-53(2,3)45(61-43(65)27-55-7)51(71)63-29-33(25-39(63)49(69)59-37-21-23-73-41-15-11-9-13-35(37)41)57-47(67)31-17-19-32(20-18-31)48(68)58-34-26-40(50(70)60-38-22-24-74-42-16-12-10-14-36(38)42)64(30-34)52(72)46(54(4,5)6)62-44(66)28-56-8;1-2/h9-20,33-34,37-40,45-46,55-56H,21-30H2,1-8H3,(H,57,67)(H,58,68)(H,59,69)(H,60,70)(H,61,65)(H,62,66);1-2H3. The Morgan fingerprint density at radius 1 is 0.539 bits per heavy atom. The summed E-state index contributed by atoms with van der Waals surface area (Å²) in [5.74, 6) is -2.16. The van der Waals surface area contributed by atoms with E-state index in [1.165, 1.54) is 34.1 Å². The quantitative estimate of drug-likeness (QED) is 0.103. The zero-order valence-electron chi connectivity index (χ0n) is 45.6. The van der Waals surface area contributed by atoms with Gasteiger partial charge in [0, 0.05) is 60.3 Å². The number of carbonyl (C=O) groups excluding carboxylic acids is 8. The van der Waals surface area contributed by atoms with E-state index >= 15 is 0 Å². The van der Waals surface area contributed by atoms with Crippen molar-refractivity contribution in [2.24, 2.45) is 10.8 Å². The number of para-hydroxylation sites is 2. The van der Waals surface area contributed by atoms with E-state index in [0.717, 1.165) is 11.1 Å². The Balaban J connectivity index is 0.00000463. The molecule has 20 nitrogen and oxygen atoms in total. The van der Waals surface area contributed by atoms with Crippen LogP contribution in [0.5, 0.6) is 11.5 Å². The molecule has 20 heteroatoms. The van der Waals surface area contributed by atoms with Crippen molar-refractivity contribution in [2.75, 3.05) is 53.5 Å². The van der Waals surface area contributed by atoms with Gasteiger partial charge in [-0.3, -0.25) is 38.4 Å². The van der Waals surface area contributed by atoms with Crippen LogP contribution in [-0.4, -0.2) is 147 Å². The average molecular weight is 1050 g/mol. The van der Waals surface area contributed by atoms with Gasteiger partial charge in [-0.2, -0.15) is 0 Å². The molecule has 8 atom stereocenters. The smallest absolute Gasteiger partial charge is 0.251 e. The van der Waals surface area contributed by atoms with Crippen molar-refractivity contribution in [1.82, 2.24) is 52.3 Å². The Bertz CT molecular complexity index is 2400. The highest BCUT2D eigenvalue weighted by Gasteiger charge is 2.48. The predicted octanol–water partition coefficient (Wildman–Crippen LogP) is 2.89. The first-order valence-corrected chi connectivity index (χ1v) is 26.4. The van der Waals surface area contributed by atoms with Gasteiger partial charge in [-0.25, -0.2) is 0 Å². The first-order chi connectivity index (χ1) is 36.2. The second-order valence-corrected chi connectivity index (χ2v) is 21.7. The molecule has 0 bridgehead atoms. The van der Waals surface area contributed by atoms with Crippen molar-refractivity contribution >= 4 is 47.3 Å². The van der Waals surface area contributed by atoms with Crippen LogP contribution in [0.4, 0.5) is 0 Å². The van der Waals surface area contributed by atoms with Crippen molar-refractivity contribution in [2.45, 2.75) is 129 Å². The second kappa shape index (κ2) is 25.7. The minimum Gasteiger partial charge on any atom is -0.493 e. The van der Waals surface area contributed by atoms with Gasteiger partial charge in [-0.15, -0.1) is 0 Å². The number of likely N-dealkylation sites (N-methyl/N-ethyl adjacent to an activating group) is 2. The highest BCUT2D eigenvalue weighted by molar-refractivity contribution is 5.99. The van der Waals surface area contributed by atoms with Gasteiger partial charge in [0.25, 0.3) is 11.8 Å². The Hall–Kier alpha value is -7.06. The number of fused-ring (bicyclic) bond motifs is 2. The first kappa shape index (κ1) is 58.2. The fourth-order valence-corrected chi connectivity index (χ4v) is 10.1. The number of benzene rings is 3. The zero-order valence-corrected chi connectivity index (χ0v) is 45.6. The van der Waals surface area contributed by atoms with Gasteiger partial charge in [0.05, 0.1) is 38.4 Å². The van der Waals surface area contributed by atoms with Crippen LogP contribution in [0.2, 0.25) is 0 Å². The second-order valence-electron chi connectivity index (χ2n) is 21.7. The lowest BCUT2D eigenvalue weighted by atomic mass is 9.85. The lowest BCUT2D eigenvalue weighted by Gasteiger charge is -2.36. The minimum atomic E-state index is -0.988. The summed E-state index contributed by atoms with van der Waals surface area (Å²) >= 11 is 0. The van der Waals surface area contributed by atoms with Gasteiger partial charge in [-0.1, -0.05) is 91.8 Å². The van der Waals surface area contributed by atoms with Gasteiger partial charge in [0.15, 0.2) is 0 Å². The number of amides is 8. The maximum atomic E-state index is 14.5. The number of nitrogens with zero attached hydrogens (tertiary/aromatic N) is 2. The minimum absolute atomic E-state index is 0.0108. The molecule has 0 spiro atoms. The van der Waals surface area contributed by atoms with E-state index in [4.69, 9.17) is 9.47 Å². The zero-order chi connectivity index (χ0) is 55.5. The van der Waals surface area contributed by atoms with E-state index < -0.39 is 82.5 Å². The molecule has 8 amide bonds. The lowest BCUT2D eigenvalue weighted by molar-refractivity contribution is -0.144. The summed E-state index contributed by atoms with van der Waals surface area (Å²) in [7, 11) is 3.25. The molecule has 4 heterocycles. The molecule has 0 radical (unpaired) electrons. The van der Waals surface area contributed by atoms with Crippen molar-refractivity contribution in [3.63, 3.8) is 0 Å².